The van der Waals surface area contributed by atoms with E-state index in [4.69, 9.17) is 0 Å². The molecule has 2 rings (SSSR count). The first kappa shape index (κ1) is 15.5. The molecule has 2 amide bonds. The third-order valence-electron chi connectivity index (χ3n) is 3.80. The van der Waals surface area contributed by atoms with Crippen molar-refractivity contribution in [1.82, 2.24) is 10.2 Å². The predicted molar refractivity (Wildman–Crippen MR) is 83.4 cm³/mol. The molecule has 21 heavy (non-hydrogen) atoms. The van der Waals surface area contributed by atoms with Gasteiger partial charge >= 0.3 is 0 Å². The average molecular weight is 289 g/mol. The van der Waals surface area contributed by atoms with Gasteiger partial charge < -0.3 is 15.5 Å². The molecule has 0 bridgehead atoms. The highest BCUT2D eigenvalue weighted by Crippen LogP contribution is 2.19. The molecule has 1 fully saturated rings. The van der Waals surface area contributed by atoms with Crippen molar-refractivity contribution in [1.29, 1.82) is 0 Å². The van der Waals surface area contributed by atoms with Gasteiger partial charge in [-0.2, -0.15) is 0 Å². The Morgan fingerprint density at radius 3 is 2.76 bits per heavy atom. The molecule has 0 aromatic heterocycles. The monoisotopic (exact) mass is 289 g/mol. The largest absolute Gasteiger partial charge is 0.345 e. The zero-order valence-electron chi connectivity index (χ0n) is 12.9. The van der Waals surface area contributed by atoms with Gasteiger partial charge in [0.15, 0.2) is 0 Å². The van der Waals surface area contributed by atoms with E-state index >= 15 is 0 Å². The topological polar surface area (TPSA) is 61.4 Å². The predicted octanol–water partition coefficient (Wildman–Crippen LogP) is 1.63. The lowest BCUT2D eigenvalue weighted by molar-refractivity contribution is -0.117. The Labute approximate surface area is 125 Å². The Balaban J connectivity index is 2.06. The summed E-state index contributed by atoms with van der Waals surface area (Å²) >= 11 is 0. The van der Waals surface area contributed by atoms with Crippen molar-refractivity contribution in [3.05, 3.63) is 29.3 Å². The Bertz CT molecular complexity index is 534. The fourth-order valence-electron chi connectivity index (χ4n) is 2.50. The molecule has 1 unspecified atom stereocenters. The molecular formula is C16H23N3O2. The first-order valence-electron chi connectivity index (χ1n) is 7.30. The molecule has 1 heterocycles. The van der Waals surface area contributed by atoms with Crippen molar-refractivity contribution in [3.8, 4) is 0 Å². The van der Waals surface area contributed by atoms with Crippen molar-refractivity contribution in [2.24, 2.45) is 5.92 Å². The quantitative estimate of drug-likeness (QED) is 0.885. The van der Waals surface area contributed by atoms with E-state index in [0.29, 0.717) is 17.9 Å². The van der Waals surface area contributed by atoms with E-state index in [2.05, 4.69) is 10.6 Å². The van der Waals surface area contributed by atoms with Crippen molar-refractivity contribution < 1.29 is 9.59 Å². The summed E-state index contributed by atoms with van der Waals surface area (Å²) in [5.74, 6) is 0.364. The summed E-state index contributed by atoms with van der Waals surface area (Å²) in [7, 11) is 3.43. The summed E-state index contributed by atoms with van der Waals surface area (Å²) in [6, 6.07) is 5.40. The van der Waals surface area contributed by atoms with Gasteiger partial charge in [0.1, 0.15) is 0 Å². The van der Waals surface area contributed by atoms with Crippen LogP contribution in [0.3, 0.4) is 0 Å². The minimum Gasteiger partial charge on any atom is -0.345 e. The lowest BCUT2D eigenvalue weighted by Crippen LogP contribution is -2.22. The van der Waals surface area contributed by atoms with Crippen LogP contribution in [0.1, 0.15) is 28.8 Å². The molecule has 2 N–H and O–H groups in total. The van der Waals surface area contributed by atoms with Crippen LogP contribution >= 0.6 is 0 Å². The molecule has 5 nitrogen and oxygen atoms in total. The number of benzene rings is 1. The smallest absolute Gasteiger partial charge is 0.253 e. The van der Waals surface area contributed by atoms with E-state index in [1.807, 2.05) is 13.0 Å². The number of hydrogen-bond donors (Lipinski definition) is 2. The molecule has 5 heteroatoms. The molecule has 1 aromatic carbocycles. The minimum absolute atomic E-state index is 0.0150. The maximum Gasteiger partial charge on any atom is 0.253 e. The molecule has 114 valence electrons. The van der Waals surface area contributed by atoms with Gasteiger partial charge in [0.2, 0.25) is 5.91 Å². The van der Waals surface area contributed by atoms with Gasteiger partial charge in [-0.25, -0.2) is 0 Å². The van der Waals surface area contributed by atoms with E-state index in [0.717, 1.165) is 30.8 Å². The minimum atomic E-state index is -0.0644. The number of nitrogens with zero attached hydrogens (tertiary/aromatic N) is 1. The van der Waals surface area contributed by atoms with Crippen molar-refractivity contribution in [2.45, 2.75) is 19.8 Å². The summed E-state index contributed by atoms with van der Waals surface area (Å²) in [6.45, 7) is 3.83. The van der Waals surface area contributed by atoms with Crippen LogP contribution in [0.5, 0.6) is 0 Å². The van der Waals surface area contributed by atoms with Gasteiger partial charge in [0.25, 0.3) is 5.91 Å². The molecule has 1 aliphatic heterocycles. The maximum atomic E-state index is 12.1. The van der Waals surface area contributed by atoms with Crippen LogP contribution in [-0.2, 0) is 4.79 Å². The number of carbonyl (C=O) groups excluding carboxylic acids is 2. The molecule has 1 aromatic rings. The molecule has 0 radical (unpaired) electrons. The van der Waals surface area contributed by atoms with Crippen LogP contribution in [0.15, 0.2) is 18.2 Å². The van der Waals surface area contributed by atoms with Crippen molar-refractivity contribution in [3.63, 3.8) is 0 Å². The number of amides is 2. The number of carbonyl (C=O) groups is 2. The SMILES string of the molecule is Cc1ccc(C(=O)N(C)C)cc1NC(=O)CC1CCNC1. The van der Waals surface area contributed by atoms with Crippen LogP contribution in [0.25, 0.3) is 0 Å². The fourth-order valence-corrected chi connectivity index (χ4v) is 2.50. The van der Waals surface area contributed by atoms with Crippen LogP contribution in [0, 0.1) is 12.8 Å². The summed E-state index contributed by atoms with van der Waals surface area (Å²) in [4.78, 5) is 25.6. The highest BCUT2D eigenvalue weighted by atomic mass is 16.2. The van der Waals surface area contributed by atoms with E-state index in [1.54, 1.807) is 26.2 Å². The van der Waals surface area contributed by atoms with Crippen LogP contribution in [0.4, 0.5) is 5.69 Å². The Morgan fingerprint density at radius 1 is 1.38 bits per heavy atom. The standard InChI is InChI=1S/C16H23N3O2/c1-11-4-5-13(16(21)19(2)3)9-14(11)18-15(20)8-12-6-7-17-10-12/h4-5,9,12,17H,6-8,10H2,1-3H3,(H,18,20). The molecule has 1 aliphatic rings. The van der Waals surface area contributed by atoms with Crippen molar-refractivity contribution >= 4 is 17.5 Å². The number of nitrogens with one attached hydrogen (secondary N) is 2. The molecular weight excluding hydrogens is 266 g/mol. The average Bonchev–Trinajstić information content (AvgIpc) is 2.93. The second-order valence-electron chi connectivity index (χ2n) is 5.84. The fraction of sp³-hybridized carbons (Fsp3) is 0.500. The summed E-state index contributed by atoms with van der Waals surface area (Å²) < 4.78 is 0. The van der Waals surface area contributed by atoms with Gasteiger partial charge in [-0.3, -0.25) is 9.59 Å². The summed E-state index contributed by atoms with van der Waals surface area (Å²) in [6.07, 6.45) is 1.57. The number of anilines is 1. The lowest BCUT2D eigenvalue weighted by Gasteiger charge is -2.14. The molecule has 0 saturated carbocycles. The van der Waals surface area contributed by atoms with Gasteiger partial charge in [-0.1, -0.05) is 6.07 Å². The van der Waals surface area contributed by atoms with Gasteiger partial charge in [0, 0.05) is 31.8 Å². The summed E-state index contributed by atoms with van der Waals surface area (Å²) in [5, 5.41) is 6.19. The second-order valence-corrected chi connectivity index (χ2v) is 5.84. The molecule has 1 saturated heterocycles. The molecule has 1 atom stereocenters. The zero-order valence-corrected chi connectivity index (χ0v) is 12.9. The maximum absolute atomic E-state index is 12.1. The van der Waals surface area contributed by atoms with E-state index in [1.165, 1.54) is 4.90 Å². The lowest BCUT2D eigenvalue weighted by atomic mass is 10.0. The molecule has 0 aliphatic carbocycles. The first-order chi connectivity index (χ1) is 9.97. The van der Waals surface area contributed by atoms with Crippen molar-refractivity contribution in [2.75, 3.05) is 32.5 Å². The normalized spacial score (nSPS) is 17.6. The van der Waals surface area contributed by atoms with E-state index in [9.17, 15) is 9.59 Å². The highest BCUT2D eigenvalue weighted by Gasteiger charge is 2.19. The Hall–Kier alpha value is -1.88. The third kappa shape index (κ3) is 4.04. The van der Waals surface area contributed by atoms with E-state index in [-0.39, 0.29) is 11.8 Å². The highest BCUT2D eigenvalue weighted by molar-refractivity contribution is 5.97. The van der Waals surface area contributed by atoms with Crippen LogP contribution in [-0.4, -0.2) is 43.9 Å². The third-order valence-corrected chi connectivity index (χ3v) is 3.80. The van der Waals surface area contributed by atoms with Crippen LogP contribution in [0.2, 0.25) is 0 Å². The van der Waals surface area contributed by atoms with Gasteiger partial charge in [-0.05, 0) is 50.0 Å². The zero-order chi connectivity index (χ0) is 15.4. The Morgan fingerprint density at radius 2 is 2.14 bits per heavy atom. The number of aryl methyl sites for hydroxylation is 1. The number of rotatable bonds is 4. The first-order valence-corrected chi connectivity index (χ1v) is 7.30. The van der Waals surface area contributed by atoms with Gasteiger partial charge in [0.05, 0.1) is 0 Å². The molecule has 0 spiro atoms. The number of hydrogen-bond acceptors (Lipinski definition) is 3. The van der Waals surface area contributed by atoms with E-state index < -0.39 is 0 Å². The Kier molecular flexibility index (Phi) is 4.96. The second kappa shape index (κ2) is 6.72. The van der Waals surface area contributed by atoms with Gasteiger partial charge in [-0.15, -0.1) is 0 Å². The van der Waals surface area contributed by atoms with Crippen LogP contribution < -0.4 is 10.6 Å². The summed E-state index contributed by atoms with van der Waals surface area (Å²) in [5.41, 5.74) is 2.27.